The molecule has 0 aliphatic heterocycles. The van der Waals surface area contributed by atoms with Crippen LogP contribution in [0.15, 0.2) is 36.4 Å². The van der Waals surface area contributed by atoms with Gasteiger partial charge in [-0.2, -0.15) is 0 Å². The van der Waals surface area contributed by atoms with Crippen LogP contribution in [0.2, 0.25) is 10.0 Å². The van der Waals surface area contributed by atoms with Crippen molar-refractivity contribution in [1.29, 1.82) is 0 Å². The highest BCUT2D eigenvalue weighted by Gasteiger charge is 2.14. The maximum Gasteiger partial charge on any atom is 0.337 e. The lowest BCUT2D eigenvalue weighted by Crippen LogP contribution is -2.11. The van der Waals surface area contributed by atoms with Gasteiger partial charge < -0.3 is 15.2 Å². The molecule has 122 valence electrons. The minimum Gasteiger partial charge on any atom is -0.494 e. The number of anilines is 1. The van der Waals surface area contributed by atoms with E-state index in [1.807, 2.05) is 31.2 Å². The number of nitrogens with one attached hydrogen (secondary N) is 1. The number of rotatable bonds is 7. The molecular formula is C17H17Cl2NO3. The fourth-order valence-corrected chi connectivity index (χ4v) is 2.59. The van der Waals surface area contributed by atoms with Crippen molar-refractivity contribution in [3.8, 4) is 5.75 Å². The van der Waals surface area contributed by atoms with E-state index >= 15 is 0 Å². The fraction of sp³-hybridized carbons (Fsp3) is 0.235. The lowest BCUT2D eigenvalue weighted by Gasteiger charge is -2.12. The molecule has 2 aromatic carbocycles. The number of ether oxygens (including phenoxy) is 1. The van der Waals surface area contributed by atoms with E-state index in [1.165, 1.54) is 17.7 Å². The molecule has 2 N–H and O–H groups in total. The zero-order chi connectivity index (χ0) is 16.8. The molecule has 6 heteroatoms. The van der Waals surface area contributed by atoms with Crippen LogP contribution in [-0.4, -0.2) is 24.2 Å². The Hall–Kier alpha value is -1.91. The maximum atomic E-state index is 11.2. The lowest BCUT2D eigenvalue weighted by atomic mass is 10.1. The minimum absolute atomic E-state index is 0.0574. The van der Waals surface area contributed by atoms with E-state index in [-0.39, 0.29) is 10.6 Å². The highest BCUT2D eigenvalue weighted by molar-refractivity contribution is 6.37. The molecule has 2 rings (SSSR count). The first-order valence-electron chi connectivity index (χ1n) is 7.13. The summed E-state index contributed by atoms with van der Waals surface area (Å²) in [5.74, 6) is -0.265. The summed E-state index contributed by atoms with van der Waals surface area (Å²) >= 11 is 11.9. The molecule has 0 aliphatic carbocycles. The Morgan fingerprint density at radius 2 is 1.91 bits per heavy atom. The molecule has 0 bridgehead atoms. The Kier molecular flexibility index (Phi) is 6.13. The molecule has 0 unspecified atom stereocenters. The van der Waals surface area contributed by atoms with E-state index in [2.05, 4.69) is 5.32 Å². The second-order valence-corrected chi connectivity index (χ2v) is 5.90. The van der Waals surface area contributed by atoms with Gasteiger partial charge in [-0.05, 0) is 37.6 Å². The molecular weight excluding hydrogens is 337 g/mol. The zero-order valence-corrected chi connectivity index (χ0v) is 14.1. The molecule has 4 nitrogen and oxygen atoms in total. The molecule has 0 amide bonds. The summed E-state index contributed by atoms with van der Waals surface area (Å²) < 4.78 is 5.62. The third-order valence-corrected chi connectivity index (χ3v) is 3.71. The molecule has 0 radical (unpaired) electrons. The summed E-state index contributed by atoms with van der Waals surface area (Å²) in [6.07, 6.45) is 0.700. The van der Waals surface area contributed by atoms with Crippen molar-refractivity contribution in [2.24, 2.45) is 0 Å². The monoisotopic (exact) mass is 353 g/mol. The summed E-state index contributed by atoms with van der Waals surface area (Å²) in [7, 11) is 0. The zero-order valence-electron chi connectivity index (χ0n) is 12.6. The minimum atomic E-state index is -1.08. The Bertz CT molecular complexity index is 687. The SMILES string of the molecule is Cc1ccc(OCCCNc2c(Cl)cc(Cl)cc2C(=O)O)cc1. The Morgan fingerprint density at radius 1 is 1.22 bits per heavy atom. The van der Waals surface area contributed by atoms with E-state index < -0.39 is 5.97 Å². The Morgan fingerprint density at radius 3 is 2.57 bits per heavy atom. The van der Waals surface area contributed by atoms with Gasteiger partial charge in [-0.1, -0.05) is 40.9 Å². The van der Waals surface area contributed by atoms with Gasteiger partial charge in [0.25, 0.3) is 0 Å². The topological polar surface area (TPSA) is 58.6 Å². The highest BCUT2D eigenvalue weighted by Crippen LogP contribution is 2.30. The number of aryl methyl sites for hydroxylation is 1. The summed E-state index contributed by atoms with van der Waals surface area (Å²) in [4.78, 5) is 11.2. The smallest absolute Gasteiger partial charge is 0.337 e. The van der Waals surface area contributed by atoms with Gasteiger partial charge in [-0.25, -0.2) is 4.79 Å². The summed E-state index contributed by atoms with van der Waals surface area (Å²) in [5, 5.41) is 12.8. The molecule has 0 saturated heterocycles. The predicted octanol–water partition coefficient (Wildman–Crippen LogP) is 4.88. The third kappa shape index (κ3) is 5.05. The van der Waals surface area contributed by atoms with Crippen molar-refractivity contribution >= 4 is 34.9 Å². The summed E-state index contributed by atoms with van der Waals surface area (Å²) in [6, 6.07) is 10.7. The van der Waals surface area contributed by atoms with E-state index in [4.69, 9.17) is 27.9 Å². The van der Waals surface area contributed by atoms with Gasteiger partial charge in [-0.3, -0.25) is 0 Å². The van der Waals surface area contributed by atoms with E-state index in [9.17, 15) is 9.90 Å². The van der Waals surface area contributed by atoms with Crippen LogP contribution in [0.25, 0.3) is 0 Å². The van der Waals surface area contributed by atoms with Crippen molar-refractivity contribution in [2.75, 3.05) is 18.5 Å². The predicted molar refractivity (Wildman–Crippen MR) is 93.2 cm³/mol. The highest BCUT2D eigenvalue weighted by atomic mass is 35.5. The number of carboxylic acids is 1. The maximum absolute atomic E-state index is 11.2. The van der Waals surface area contributed by atoms with Gasteiger partial charge in [0.2, 0.25) is 0 Å². The van der Waals surface area contributed by atoms with E-state index in [1.54, 1.807) is 0 Å². The number of carboxylic acid groups (broad SMARTS) is 1. The normalized spacial score (nSPS) is 10.4. The van der Waals surface area contributed by atoms with Crippen LogP contribution in [0.1, 0.15) is 22.3 Å². The molecule has 0 atom stereocenters. The van der Waals surface area contributed by atoms with Crippen molar-refractivity contribution in [1.82, 2.24) is 0 Å². The number of hydrogen-bond acceptors (Lipinski definition) is 3. The molecule has 0 saturated carbocycles. The average Bonchev–Trinajstić information content (AvgIpc) is 2.50. The van der Waals surface area contributed by atoms with Crippen molar-refractivity contribution in [3.05, 3.63) is 57.6 Å². The van der Waals surface area contributed by atoms with Crippen LogP contribution in [0.3, 0.4) is 0 Å². The van der Waals surface area contributed by atoms with Gasteiger partial charge in [0.1, 0.15) is 5.75 Å². The second-order valence-electron chi connectivity index (χ2n) is 5.06. The molecule has 0 spiro atoms. The molecule has 0 heterocycles. The van der Waals surface area contributed by atoms with Gasteiger partial charge >= 0.3 is 5.97 Å². The molecule has 23 heavy (non-hydrogen) atoms. The summed E-state index contributed by atoms with van der Waals surface area (Å²) in [5.41, 5.74) is 1.61. The number of halogens is 2. The standard InChI is InChI=1S/C17H17Cl2NO3/c1-11-3-5-13(6-4-11)23-8-2-7-20-16-14(17(21)22)9-12(18)10-15(16)19/h3-6,9-10,20H,2,7-8H2,1H3,(H,21,22). The first-order valence-corrected chi connectivity index (χ1v) is 7.88. The molecule has 0 aliphatic rings. The fourth-order valence-electron chi connectivity index (χ4n) is 2.03. The van der Waals surface area contributed by atoms with Gasteiger partial charge in [-0.15, -0.1) is 0 Å². The van der Waals surface area contributed by atoms with Crippen LogP contribution in [0.5, 0.6) is 5.75 Å². The third-order valence-electron chi connectivity index (χ3n) is 3.20. The molecule has 2 aromatic rings. The first kappa shape index (κ1) is 17.4. The van der Waals surface area contributed by atoms with Crippen LogP contribution in [0.4, 0.5) is 5.69 Å². The van der Waals surface area contributed by atoms with Crippen molar-refractivity contribution < 1.29 is 14.6 Å². The van der Waals surface area contributed by atoms with Crippen molar-refractivity contribution in [2.45, 2.75) is 13.3 Å². The number of benzene rings is 2. The number of carbonyl (C=O) groups is 1. The van der Waals surface area contributed by atoms with Crippen molar-refractivity contribution in [3.63, 3.8) is 0 Å². The average molecular weight is 354 g/mol. The number of hydrogen-bond donors (Lipinski definition) is 2. The molecule has 0 fully saturated rings. The summed E-state index contributed by atoms with van der Waals surface area (Å²) in [6.45, 7) is 3.07. The molecule has 0 aromatic heterocycles. The number of aromatic carboxylic acids is 1. The Balaban J connectivity index is 1.87. The van der Waals surface area contributed by atoms with Crippen LogP contribution < -0.4 is 10.1 Å². The Labute approximate surface area is 145 Å². The van der Waals surface area contributed by atoms with Crippen LogP contribution >= 0.6 is 23.2 Å². The van der Waals surface area contributed by atoms with E-state index in [0.717, 1.165) is 5.75 Å². The lowest BCUT2D eigenvalue weighted by molar-refractivity contribution is 0.0698. The quantitative estimate of drug-likeness (QED) is 0.696. The van der Waals surface area contributed by atoms with Crippen LogP contribution in [0, 0.1) is 6.92 Å². The van der Waals surface area contributed by atoms with Crippen LogP contribution in [-0.2, 0) is 0 Å². The largest absolute Gasteiger partial charge is 0.494 e. The van der Waals surface area contributed by atoms with Gasteiger partial charge in [0, 0.05) is 11.6 Å². The van der Waals surface area contributed by atoms with Gasteiger partial charge in [0.05, 0.1) is 22.9 Å². The second kappa shape index (κ2) is 8.09. The first-order chi connectivity index (χ1) is 11.0. The van der Waals surface area contributed by atoms with Gasteiger partial charge in [0.15, 0.2) is 0 Å². The van der Waals surface area contributed by atoms with E-state index in [0.29, 0.717) is 30.3 Å².